The molecule has 1 N–H and O–H groups in total. The van der Waals surface area contributed by atoms with Gasteiger partial charge < -0.3 is 5.11 Å². The molecule has 1 nitrogen and oxygen atoms in total. The van der Waals surface area contributed by atoms with E-state index in [0.29, 0.717) is 5.56 Å². The van der Waals surface area contributed by atoms with Crippen molar-refractivity contribution in [2.45, 2.75) is 13.0 Å². The molecule has 0 saturated carbocycles. The Morgan fingerprint density at radius 2 is 1.53 bits per heavy atom. The minimum Gasteiger partial charge on any atom is -0.384 e. The molecule has 5 heteroatoms. The Labute approximate surface area is 126 Å². The van der Waals surface area contributed by atoms with Crippen molar-refractivity contribution >= 4 is 31.9 Å². The van der Waals surface area contributed by atoms with Gasteiger partial charge in [-0.05, 0) is 48.4 Å². The molecule has 100 valence electrons. The van der Waals surface area contributed by atoms with Gasteiger partial charge in [-0.25, -0.2) is 8.78 Å². The van der Waals surface area contributed by atoms with E-state index in [2.05, 4.69) is 31.9 Å². The fourth-order valence-electron chi connectivity index (χ4n) is 1.78. The van der Waals surface area contributed by atoms with Crippen molar-refractivity contribution in [3.8, 4) is 0 Å². The average molecular weight is 392 g/mol. The molecule has 0 bridgehead atoms. The zero-order valence-electron chi connectivity index (χ0n) is 9.92. The molecule has 0 fully saturated rings. The second-order valence-corrected chi connectivity index (χ2v) is 6.06. The Balaban J connectivity index is 2.49. The van der Waals surface area contributed by atoms with Gasteiger partial charge in [0.25, 0.3) is 0 Å². The summed E-state index contributed by atoms with van der Waals surface area (Å²) in [7, 11) is 0. The average Bonchev–Trinajstić information content (AvgIpc) is 2.31. The number of aliphatic hydroxyl groups excluding tert-OH is 1. The Hall–Kier alpha value is -0.780. The fraction of sp³-hybridized carbons (Fsp3) is 0.143. The summed E-state index contributed by atoms with van der Waals surface area (Å²) in [6.45, 7) is 1.48. The number of hydrogen-bond acceptors (Lipinski definition) is 1. The molecule has 0 radical (unpaired) electrons. The Morgan fingerprint density at radius 3 is 2.11 bits per heavy atom. The van der Waals surface area contributed by atoms with Crippen LogP contribution in [-0.2, 0) is 0 Å². The molecule has 0 aromatic heterocycles. The van der Waals surface area contributed by atoms with Crippen LogP contribution >= 0.6 is 31.9 Å². The standard InChI is InChI=1S/C14H10Br2F2O/c1-7-2-13(18)11(6-12(7)17)14(19)8-3-9(15)5-10(16)4-8/h2-6,14,19H,1H3. The van der Waals surface area contributed by atoms with Crippen LogP contribution in [0, 0.1) is 18.6 Å². The maximum absolute atomic E-state index is 13.8. The molecule has 19 heavy (non-hydrogen) atoms. The van der Waals surface area contributed by atoms with Gasteiger partial charge in [-0.2, -0.15) is 0 Å². The van der Waals surface area contributed by atoms with Crippen molar-refractivity contribution < 1.29 is 13.9 Å². The van der Waals surface area contributed by atoms with E-state index in [0.717, 1.165) is 21.1 Å². The zero-order chi connectivity index (χ0) is 14.2. The summed E-state index contributed by atoms with van der Waals surface area (Å²) in [5, 5.41) is 10.2. The van der Waals surface area contributed by atoms with Crippen LogP contribution in [0.4, 0.5) is 8.78 Å². The first-order valence-electron chi connectivity index (χ1n) is 5.48. The summed E-state index contributed by atoms with van der Waals surface area (Å²) in [4.78, 5) is 0. The molecular formula is C14H10Br2F2O. The number of aliphatic hydroxyl groups is 1. The van der Waals surface area contributed by atoms with E-state index in [9.17, 15) is 13.9 Å². The number of rotatable bonds is 2. The van der Waals surface area contributed by atoms with Crippen LogP contribution in [0.1, 0.15) is 22.8 Å². The molecule has 0 heterocycles. The van der Waals surface area contributed by atoms with E-state index in [1.54, 1.807) is 18.2 Å². The predicted octanol–water partition coefficient (Wildman–Crippen LogP) is 4.88. The third kappa shape index (κ3) is 3.22. The van der Waals surface area contributed by atoms with Gasteiger partial charge in [-0.1, -0.05) is 31.9 Å². The van der Waals surface area contributed by atoms with Crippen LogP contribution in [0.2, 0.25) is 0 Å². The first-order chi connectivity index (χ1) is 8.88. The smallest absolute Gasteiger partial charge is 0.129 e. The lowest BCUT2D eigenvalue weighted by molar-refractivity contribution is 0.214. The van der Waals surface area contributed by atoms with E-state index in [-0.39, 0.29) is 11.1 Å². The van der Waals surface area contributed by atoms with E-state index in [1.807, 2.05) is 0 Å². The third-order valence-electron chi connectivity index (χ3n) is 2.77. The van der Waals surface area contributed by atoms with Crippen LogP contribution in [0.15, 0.2) is 39.3 Å². The molecule has 2 aromatic carbocycles. The summed E-state index contributed by atoms with van der Waals surface area (Å²) in [6.07, 6.45) is -1.22. The molecule has 1 atom stereocenters. The summed E-state index contributed by atoms with van der Waals surface area (Å²) in [6, 6.07) is 7.23. The highest BCUT2D eigenvalue weighted by Gasteiger charge is 2.18. The van der Waals surface area contributed by atoms with Crippen molar-refractivity contribution in [1.82, 2.24) is 0 Å². The molecule has 0 aliphatic carbocycles. The van der Waals surface area contributed by atoms with Crippen LogP contribution < -0.4 is 0 Å². The highest BCUT2D eigenvalue weighted by Crippen LogP contribution is 2.30. The third-order valence-corrected chi connectivity index (χ3v) is 3.69. The Kier molecular flexibility index (Phi) is 4.38. The second kappa shape index (κ2) is 5.69. The van der Waals surface area contributed by atoms with E-state index in [4.69, 9.17) is 0 Å². The molecule has 1 unspecified atom stereocenters. The molecular weight excluding hydrogens is 382 g/mol. The van der Waals surface area contributed by atoms with Gasteiger partial charge in [0.1, 0.15) is 17.7 Å². The minimum atomic E-state index is -1.22. The monoisotopic (exact) mass is 390 g/mol. The van der Waals surface area contributed by atoms with Crippen LogP contribution in [0.3, 0.4) is 0 Å². The summed E-state index contributed by atoms with van der Waals surface area (Å²) in [5.41, 5.74) is 0.611. The number of hydrogen-bond donors (Lipinski definition) is 1. The number of halogens is 4. The number of aryl methyl sites for hydroxylation is 1. The van der Waals surface area contributed by atoms with Gasteiger partial charge in [-0.15, -0.1) is 0 Å². The van der Waals surface area contributed by atoms with Crippen molar-refractivity contribution in [2.24, 2.45) is 0 Å². The van der Waals surface area contributed by atoms with Gasteiger partial charge in [0.05, 0.1) is 0 Å². The number of benzene rings is 2. The highest BCUT2D eigenvalue weighted by molar-refractivity contribution is 9.11. The first kappa shape index (κ1) is 14.6. The van der Waals surface area contributed by atoms with Crippen molar-refractivity contribution in [3.63, 3.8) is 0 Å². The molecule has 0 amide bonds. The van der Waals surface area contributed by atoms with Gasteiger partial charge in [-0.3, -0.25) is 0 Å². The SMILES string of the molecule is Cc1cc(F)c(C(O)c2cc(Br)cc(Br)c2)cc1F. The van der Waals surface area contributed by atoms with Gasteiger partial charge in [0.2, 0.25) is 0 Å². The molecule has 0 aliphatic rings. The molecule has 0 saturated heterocycles. The maximum atomic E-state index is 13.8. The maximum Gasteiger partial charge on any atom is 0.129 e. The minimum absolute atomic E-state index is 0.0758. The Morgan fingerprint density at radius 1 is 0.947 bits per heavy atom. The van der Waals surface area contributed by atoms with Gasteiger partial charge in [0, 0.05) is 14.5 Å². The topological polar surface area (TPSA) is 20.2 Å². The second-order valence-electron chi connectivity index (χ2n) is 4.23. The van der Waals surface area contributed by atoms with Crippen LogP contribution in [0.25, 0.3) is 0 Å². The van der Waals surface area contributed by atoms with Gasteiger partial charge >= 0.3 is 0 Å². The van der Waals surface area contributed by atoms with Crippen molar-refractivity contribution in [2.75, 3.05) is 0 Å². The van der Waals surface area contributed by atoms with Crippen molar-refractivity contribution in [1.29, 1.82) is 0 Å². The lowest BCUT2D eigenvalue weighted by Gasteiger charge is -2.14. The molecule has 0 aliphatic heterocycles. The zero-order valence-corrected chi connectivity index (χ0v) is 13.1. The molecule has 0 spiro atoms. The lowest BCUT2D eigenvalue weighted by Crippen LogP contribution is -2.04. The fourth-order valence-corrected chi connectivity index (χ4v) is 3.11. The predicted molar refractivity (Wildman–Crippen MR) is 77.0 cm³/mol. The quantitative estimate of drug-likeness (QED) is 0.773. The summed E-state index contributed by atoms with van der Waals surface area (Å²) >= 11 is 6.58. The lowest BCUT2D eigenvalue weighted by atomic mass is 9.99. The Bertz CT molecular complexity index is 609. The van der Waals surface area contributed by atoms with E-state index >= 15 is 0 Å². The highest BCUT2D eigenvalue weighted by atomic mass is 79.9. The van der Waals surface area contributed by atoms with Crippen molar-refractivity contribution in [3.05, 3.63) is 67.6 Å². The largest absolute Gasteiger partial charge is 0.384 e. The first-order valence-corrected chi connectivity index (χ1v) is 7.06. The van der Waals surface area contributed by atoms with Crippen LogP contribution in [-0.4, -0.2) is 5.11 Å². The normalized spacial score (nSPS) is 12.5. The summed E-state index contributed by atoms with van der Waals surface area (Å²) < 4.78 is 28.8. The summed E-state index contributed by atoms with van der Waals surface area (Å²) in [5.74, 6) is -1.16. The van der Waals surface area contributed by atoms with E-state index < -0.39 is 17.7 Å². The van der Waals surface area contributed by atoms with Gasteiger partial charge in [0.15, 0.2) is 0 Å². The van der Waals surface area contributed by atoms with E-state index in [1.165, 1.54) is 6.92 Å². The van der Waals surface area contributed by atoms with Crippen LogP contribution in [0.5, 0.6) is 0 Å². The molecule has 2 rings (SSSR count). The molecule has 2 aromatic rings.